The molecule has 0 bridgehead atoms. The summed E-state index contributed by atoms with van der Waals surface area (Å²) in [6.07, 6.45) is 8.09. The maximum absolute atomic E-state index is 11.8. The highest BCUT2D eigenvalue weighted by Crippen LogP contribution is 2.35. The molecule has 1 N–H and O–H groups in total. The van der Waals surface area contributed by atoms with Crippen LogP contribution in [0.4, 0.5) is 5.69 Å². The fourth-order valence-electron chi connectivity index (χ4n) is 4.74. The zero-order valence-electron chi connectivity index (χ0n) is 17.0. The van der Waals surface area contributed by atoms with Crippen molar-refractivity contribution >= 4 is 33.9 Å². The van der Waals surface area contributed by atoms with E-state index in [9.17, 15) is 4.79 Å². The van der Waals surface area contributed by atoms with Crippen molar-refractivity contribution in [1.82, 2.24) is 4.90 Å². The van der Waals surface area contributed by atoms with Gasteiger partial charge in [-0.25, -0.2) is 0 Å². The average molecular weight is 409 g/mol. The molecule has 1 aromatic carbocycles. The van der Waals surface area contributed by atoms with Gasteiger partial charge in [-0.3, -0.25) is 4.79 Å². The number of rotatable bonds is 4. The number of thiophene rings is 1. The average Bonchev–Trinajstić information content (AvgIpc) is 3.26. The second-order valence-electron chi connectivity index (χ2n) is 8.51. The summed E-state index contributed by atoms with van der Waals surface area (Å²) in [5.41, 5.74) is 4.76. The molecule has 0 spiro atoms. The minimum Gasteiger partial charge on any atom is -0.464 e. The number of amides is 1. The van der Waals surface area contributed by atoms with Gasteiger partial charge in [-0.1, -0.05) is 11.6 Å². The van der Waals surface area contributed by atoms with E-state index in [2.05, 4.69) is 41.4 Å². The van der Waals surface area contributed by atoms with Gasteiger partial charge in [0.25, 0.3) is 0 Å². The zero-order chi connectivity index (χ0) is 19.8. The van der Waals surface area contributed by atoms with Crippen molar-refractivity contribution in [3.8, 4) is 0 Å². The van der Waals surface area contributed by atoms with Gasteiger partial charge in [0, 0.05) is 33.7 Å². The first-order valence-corrected chi connectivity index (χ1v) is 11.6. The van der Waals surface area contributed by atoms with Crippen LogP contribution in [0.5, 0.6) is 0 Å². The van der Waals surface area contributed by atoms with Gasteiger partial charge in [-0.15, -0.1) is 11.3 Å². The second-order valence-corrected chi connectivity index (χ2v) is 9.73. The molecule has 1 amide bonds. The van der Waals surface area contributed by atoms with Gasteiger partial charge >= 0.3 is 0 Å². The number of likely N-dealkylation sites (tertiary alicyclic amines) is 1. The number of fused-ring (bicyclic) bond motifs is 2. The van der Waals surface area contributed by atoms with Crippen molar-refractivity contribution in [3.05, 3.63) is 51.4 Å². The van der Waals surface area contributed by atoms with Crippen LogP contribution in [0.25, 0.3) is 11.0 Å². The van der Waals surface area contributed by atoms with Crippen molar-refractivity contribution in [3.63, 3.8) is 0 Å². The molecule has 29 heavy (non-hydrogen) atoms. The number of aryl methyl sites for hydroxylation is 2. The summed E-state index contributed by atoms with van der Waals surface area (Å²) in [6.45, 7) is 5.54. The third-order valence-corrected chi connectivity index (χ3v) is 7.66. The van der Waals surface area contributed by atoms with Crippen LogP contribution < -0.4 is 5.32 Å². The summed E-state index contributed by atoms with van der Waals surface area (Å²) in [7, 11) is 0. The van der Waals surface area contributed by atoms with E-state index in [-0.39, 0.29) is 5.91 Å². The number of carbonyl (C=O) groups is 1. The lowest BCUT2D eigenvalue weighted by Crippen LogP contribution is -2.34. The lowest BCUT2D eigenvalue weighted by molar-refractivity contribution is -0.116. The fourth-order valence-corrected chi connectivity index (χ4v) is 5.89. The van der Waals surface area contributed by atoms with E-state index < -0.39 is 0 Å². The quantitative estimate of drug-likeness (QED) is 0.620. The molecule has 0 aliphatic carbocycles. The molecular weight excluding hydrogens is 380 g/mol. The molecule has 2 aromatic heterocycles. The van der Waals surface area contributed by atoms with E-state index in [1.165, 1.54) is 39.1 Å². The summed E-state index contributed by atoms with van der Waals surface area (Å²) < 4.78 is 5.80. The molecule has 0 unspecified atom stereocenters. The minimum atomic E-state index is 0.164. The molecule has 5 rings (SSSR count). The molecule has 0 saturated carbocycles. The Hall–Kier alpha value is -2.11. The Morgan fingerprint density at radius 3 is 2.93 bits per heavy atom. The first-order valence-electron chi connectivity index (χ1n) is 10.8. The molecule has 1 fully saturated rings. The van der Waals surface area contributed by atoms with Crippen LogP contribution in [0.1, 0.15) is 52.5 Å². The first-order chi connectivity index (χ1) is 14.2. The number of piperidine rings is 1. The zero-order valence-corrected chi connectivity index (χ0v) is 17.8. The predicted molar refractivity (Wildman–Crippen MR) is 119 cm³/mol. The molecule has 2 aliphatic rings. The predicted octanol–water partition coefficient (Wildman–Crippen LogP) is 5.50. The highest BCUT2D eigenvalue weighted by molar-refractivity contribution is 7.12. The van der Waals surface area contributed by atoms with Crippen LogP contribution >= 0.6 is 11.3 Å². The molecule has 3 aromatic rings. The Kier molecular flexibility index (Phi) is 5.18. The Balaban J connectivity index is 1.18. The maximum Gasteiger partial charge on any atom is 0.224 e. The summed E-state index contributed by atoms with van der Waals surface area (Å²) in [5, 5.41) is 4.37. The number of nitrogens with zero attached hydrogens (tertiary/aromatic N) is 1. The molecular formula is C24H28N2O2S. The SMILES string of the molecule is Cc1ccc2occ(C3CCN(CCc4cc5c(s4)CCCC(=O)N5)CC3)c2c1. The number of carbonyl (C=O) groups excluding carboxylic acids is 1. The lowest BCUT2D eigenvalue weighted by Gasteiger charge is -2.31. The van der Waals surface area contributed by atoms with Crippen LogP contribution in [0, 0.1) is 6.92 Å². The van der Waals surface area contributed by atoms with Gasteiger partial charge in [0.05, 0.1) is 12.0 Å². The van der Waals surface area contributed by atoms with E-state index in [0.717, 1.165) is 50.2 Å². The highest BCUT2D eigenvalue weighted by atomic mass is 32.1. The largest absolute Gasteiger partial charge is 0.464 e. The van der Waals surface area contributed by atoms with Crippen molar-refractivity contribution < 1.29 is 9.21 Å². The molecule has 2 aliphatic heterocycles. The first kappa shape index (κ1) is 18.9. The number of benzene rings is 1. The van der Waals surface area contributed by atoms with Gasteiger partial charge in [-0.05, 0) is 76.2 Å². The van der Waals surface area contributed by atoms with Gasteiger partial charge < -0.3 is 14.6 Å². The summed E-state index contributed by atoms with van der Waals surface area (Å²) in [6, 6.07) is 8.68. The summed E-state index contributed by atoms with van der Waals surface area (Å²) in [5.74, 6) is 0.763. The molecule has 4 nitrogen and oxygen atoms in total. The van der Waals surface area contributed by atoms with Crippen LogP contribution in [-0.4, -0.2) is 30.4 Å². The van der Waals surface area contributed by atoms with Gasteiger partial charge in [-0.2, -0.15) is 0 Å². The van der Waals surface area contributed by atoms with Crippen molar-refractivity contribution in [2.24, 2.45) is 0 Å². The molecule has 0 atom stereocenters. The number of anilines is 1. The van der Waals surface area contributed by atoms with Crippen LogP contribution in [0.15, 0.2) is 34.9 Å². The number of nitrogens with one attached hydrogen (secondary N) is 1. The van der Waals surface area contributed by atoms with E-state index in [4.69, 9.17) is 4.42 Å². The van der Waals surface area contributed by atoms with Gasteiger partial charge in [0.1, 0.15) is 5.58 Å². The maximum atomic E-state index is 11.8. The minimum absolute atomic E-state index is 0.164. The van der Waals surface area contributed by atoms with Crippen molar-refractivity contribution in [1.29, 1.82) is 0 Å². The fraction of sp³-hybridized carbons (Fsp3) is 0.458. The third-order valence-electron chi connectivity index (χ3n) is 6.40. The van der Waals surface area contributed by atoms with E-state index in [0.29, 0.717) is 12.3 Å². The molecule has 0 radical (unpaired) electrons. The molecule has 4 heterocycles. The van der Waals surface area contributed by atoms with Crippen LogP contribution in [-0.2, 0) is 17.6 Å². The summed E-state index contributed by atoms with van der Waals surface area (Å²) >= 11 is 1.89. The Morgan fingerprint density at radius 1 is 1.21 bits per heavy atom. The standard InChI is InChI=1S/C24H28N2O2S/c1-16-5-6-22-19(13-16)20(15-28-22)17-7-10-26(11-8-17)12-9-18-14-21-23(29-18)3-2-4-24(27)25-21/h5-6,13-15,17H,2-4,7-12H2,1H3,(H,25,27). The molecule has 1 saturated heterocycles. The Bertz CT molecular complexity index is 1030. The van der Waals surface area contributed by atoms with E-state index >= 15 is 0 Å². The lowest BCUT2D eigenvalue weighted by atomic mass is 9.89. The third kappa shape index (κ3) is 3.99. The topological polar surface area (TPSA) is 45.5 Å². The van der Waals surface area contributed by atoms with Crippen LogP contribution in [0.2, 0.25) is 0 Å². The smallest absolute Gasteiger partial charge is 0.224 e. The van der Waals surface area contributed by atoms with Crippen molar-refractivity contribution in [2.45, 2.75) is 51.4 Å². The van der Waals surface area contributed by atoms with Crippen LogP contribution in [0.3, 0.4) is 0 Å². The number of hydrogen-bond acceptors (Lipinski definition) is 4. The van der Waals surface area contributed by atoms with Gasteiger partial charge in [0.15, 0.2) is 0 Å². The second kappa shape index (κ2) is 7.96. The van der Waals surface area contributed by atoms with E-state index in [1.807, 2.05) is 17.6 Å². The monoisotopic (exact) mass is 408 g/mol. The van der Waals surface area contributed by atoms with Gasteiger partial charge in [0.2, 0.25) is 5.91 Å². The van der Waals surface area contributed by atoms with Crippen molar-refractivity contribution in [2.75, 3.05) is 25.0 Å². The Labute approximate surface area is 175 Å². The van der Waals surface area contributed by atoms with E-state index in [1.54, 1.807) is 0 Å². The number of furan rings is 1. The highest BCUT2D eigenvalue weighted by Gasteiger charge is 2.24. The molecule has 5 heteroatoms. The number of hydrogen-bond donors (Lipinski definition) is 1. The Morgan fingerprint density at radius 2 is 2.07 bits per heavy atom. The summed E-state index contributed by atoms with van der Waals surface area (Å²) in [4.78, 5) is 17.1. The molecule has 152 valence electrons. The normalized spacial score (nSPS) is 18.6.